The Morgan fingerprint density at radius 3 is 0.973 bits per heavy atom. The standard InChI is InChI=1S/C59H90O4.C10H12O2/c1-44(2)24-15-25-45(3)26-16-27-46(4)28-17-29-47(5)30-18-31-48(6)32-19-33-49(7)34-20-35-50(8)36-21-37-51(9)38-22-39-52(10)40-23-41-53(11)42-43-55-54(12)56(60)58(62-13)59(63-14)57(55)61;1-8(11)2-3-9-4-6-10(12)7-5-9/h24,26,28,30,32,34,36,38,40,42H,15-23,25,27,29,31,33,35,37,39,41,43H2,1-14H3;4-7,12H,2-3H2,1H3/b45-26+,46-28+,47-30+,48-32+,49-34+,50-36+,51-38+,52-40+,53-42+;. The largest absolute Gasteiger partial charge is 0.508 e. The number of Topliss-reactive ketones (excluding diaryl/α,β-unsaturated/α-hetero) is 3. The number of aromatic hydroxyl groups is 1. The number of hydrogen-bond acceptors (Lipinski definition) is 6. The number of phenolic OH excluding ortho intramolecular Hbond substituents is 1. The molecule has 1 aromatic carbocycles. The lowest BCUT2D eigenvalue weighted by atomic mass is 9.90. The summed E-state index contributed by atoms with van der Waals surface area (Å²) in [6, 6.07) is 6.93. The second-order valence-electron chi connectivity index (χ2n) is 21.5. The van der Waals surface area contributed by atoms with E-state index in [4.69, 9.17) is 14.6 Å². The molecule has 0 amide bonds. The molecule has 0 bridgehead atoms. The molecule has 2 rings (SSSR count). The van der Waals surface area contributed by atoms with E-state index in [0.717, 1.165) is 108 Å². The molecule has 0 spiro atoms. The molecule has 1 aliphatic carbocycles. The van der Waals surface area contributed by atoms with Crippen LogP contribution in [-0.4, -0.2) is 36.7 Å². The Kier molecular flexibility index (Phi) is 35.9. The van der Waals surface area contributed by atoms with Gasteiger partial charge in [-0.25, -0.2) is 0 Å². The zero-order valence-electron chi connectivity index (χ0n) is 49.9. The molecule has 1 aliphatic rings. The van der Waals surface area contributed by atoms with Crippen molar-refractivity contribution in [1.82, 2.24) is 0 Å². The summed E-state index contributed by atoms with van der Waals surface area (Å²) in [5.41, 5.74) is 16.6. The van der Waals surface area contributed by atoms with Crippen LogP contribution in [-0.2, 0) is 30.3 Å². The van der Waals surface area contributed by atoms with Crippen LogP contribution >= 0.6 is 0 Å². The Balaban J connectivity index is 0.00000204. The van der Waals surface area contributed by atoms with Crippen molar-refractivity contribution in [3.8, 4) is 5.75 Å². The monoisotopic (exact) mass is 1030 g/mol. The van der Waals surface area contributed by atoms with E-state index in [9.17, 15) is 14.4 Å². The molecule has 1 N–H and O–H groups in total. The second-order valence-corrected chi connectivity index (χ2v) is 21.5. The van der Waals surface area contributed by atoms with Crippen molar-refractivity contribution in [2.45, 2.75) is 225 Å². The minimum atomic E-state index is -0.284. The topological polar surface area (TPSA) is 89.9 Å². The van der Waals surface area contributed by atoms with Crippen LogP contribution in [0.25, 0.3) is 0 Å². The van der Waals surface area contributed by atoms with Crippen LogP contribution in [0.2, 0.25) is 0 Å². The zero-order chi connectivity index (χ0) is 56.1. The van der Waals surface area contributed by atoms with Gasteiger partial charge in [-0.05, 0) is 236 Å². The van der Waals surface area contributed by atoms with Gasteiger partial charge in [0.15, 0.2) is 0 Å². The van der Waals surface area contributed by atoms with E-state index >= 15 is 0 Å². The van der Waals surface area contributed by atoms with Gasteiger partial charge in [-0.1, -0.05) is 129 Å². The lowest BCUT2D eigenvalue weighted by Gasteiger charge is -2.19. The Morgan fingerprint density at radius 1 is 0.413 bits per heavy atom. The molecule has 0 heterocycles. The van der Waals surface area contributed by atoms with Gasteiger partial charge in [0, 0.05) is 17.6 Å². The molecule has 0 unspecified atom stereocenters. The average Bonchev–Trinajstić information content (AvgIpc) is 3.34. The van der Waals surface area contributed by atoms with E-state index in [1.54, 1.807) is 26.0 Å². The molecule has 0 radical (unpaired) electrons. The first-order valence-electron chi connectivity index (χ1n) is 28.1. The molecule has 414 valence electrons. The van der Waals surface area contributed by atoms with E-state index in [-0.39, 0.29) is 34.6 Å². The third kappa shape index (κ3) is 32.5. The van der Waals surface area contributed by atoms with E-state index < -0.39 is 0 Å². The zero-order valence-corrected chi connectivity index (χ0v) is 49.9. The van der Waals surface area contributed by atoms with Gasteiger partial charge in [0.05, 0.1) is 14.2 Å². The fraction of sp³-hybridized carbons (Fsp3) is 0.522. The number of methoxy groups -OCH3 is 2. The summed E-state index contributed by atoms with van der Waals surface area (Å²) in [6.07, 6.45) is 45.6. The molecule has 0 saturated carbocycles. The number of hydrogen-bond donors (Lipinski definition) is 1. The lowest BCUT2D eigenvalue weighted by Crippen LogP contribution is -2.24. The number of ether oxygens (including phenoxy) is 2. The fourth-order valence-electron chi connectivity index (χ4n) is 8.57. The summed E-state index contributed by atoms with van der Waals surface area (Å²) in [5.74, 6) is -0.109. The van der Waals surface area contributed by atoms with Crippen molar-refractivity contribution in [2.24, 2.45) is 0 Å². The Morgan fingerprint density at radius 2 is 0.693 bits per heavy atom. The van der Waals surface area contributed by atoms with Gasteiger partial charge in [0.2, 0.25) is 23.1 Å². The van der Waals surface area contributed by atoms with Crippen LogP contribution < -0.4 is 0 Å². The third-order valence-electron chi connectivity index (χ3n) is 13.8. The number of carbonyl (C=O) groups excluding carboxylic acids is 3. The van der Waals surface area contributed by atoms with Gasteiger partial charge in [0.1, 0.15) is 11.5 Å². The van der Waals surface area contributed by atoms with Crippen molar-refractivity contribution >= 4 is 17.3 Å². The highest BCUT2D eigenvalue weighted by Crippen LogP contribution is 2.29. The number of carbonyl (C=O) groups is 3. The number of aryl methyl sites for hydroxylation is 1. The molecule has 6 nitrogen and oxygen atoms in total. The second kappa shape index (κ2) is 39.9. The van der Waals surface area contributed by atoms with Crippen LogP contribution in [0.3, 0.4) is 0 Å². The van der Waals surface area contributed by atoms with E-state index in [1.165, 1.54) is 89.2 Å². The minimum Gasteiger partial charge on any atom is -0.508 e. The van der Waals surface area contributed by atoms with Crippen molar-refractivity contribution in [3.05, 3.63) is 169 Å². The van der Waals surface area contributed by atoms with Crippen LogP contribution in [0.4, 0.5) is 0 Å². The quantitative estimate of drug-likeness (QED) is 0.0546. The fourth-order valence-corrected chi connectivity index (χ4v) is 8.57. The van der Waals surface area contributed by atoms with E-state index in [2.05, 4.69) is 137 Å². The third-order valence-corrected chi connectivity index (χ3v) is 13.8. The van der Waals surface area contributed by atoms with Gasteiger partial charge in [-0.2, -0.15) is 0 Å². The first kappa shape index (κ1) is 67.5. The Hall–Kier alpha value is -5.49. The lowest BCUT2D eigenvalue weighted by molar-refractivity contribution is -0.121. The number of ketones is 3. The summed E-state index contributed by atoms with van der Waals surface area (Å²) >= 11 is 0. The molecule has 0 fully saturated rings. The molecule has 0 atom stereocenters. The van der Waals surface area contributed by atoms with Crippen LogP contribution in [0.5, 0.6) is 5.75 Å². The number of rotatable bonds is 34. The summed E-state index contributed by atoms with van der Waals surface area (Å²) in [5, 5.41) is 8.97. The predicted molar refractivity (Wildman–Crippen MR) is 322 cm³/mol. The van der Waals surface area contributed by atoms with Crippen molar-refractivity contribution < 1.29 is 29.0 Å². The SMILES string of the molecule is CC(=O)CCc1ccc(O)cc1.COC1=C(OC)C(=O)C(C/C=C(\C)CC/C=C(\C)CC/C=C(\C)CC/C=C(\C)CC/C=C(\C)CC/C=C(\C)CC/C=C(\C)CC/C=C(\C)CC/C=C(\C)CCC=C(C)C)=C(C)C1=O. The molecule has 0 saturated heterocycles. The van der Waals surface area contributed by atoms with Crippen LogP contribution in [0, 0.1) is 0 Å². The first-order valence-corrected chi connectivity index (χ1v) is 28.1. The average molecular weight is 1030 g/mol. The first-order chi connectivity index (χ1) is 35.7. The van der Waals surface area contributed by atoms with E-state index in [1.807, 2.05) is 12.1 Å². The molecular formula is C69H102O6. The van der Waals surface area contributed by atoms with Crippen LogP contribution in [0.1, 0.15) is 224 Å². The molecular weight excluding hydrogens is 925 g/mol. The van der Waals surface area contributed by atoms with Gasteiger partial charge >= 0.3 is 0 Å². The number of benzene rings is 1. The molecule has 0 aliphatic heterocycles. The molecule has 0 aromatic heterocycles. The van der Waals surface area contributed by atoms with Crippen molar-refractivity contribution in [3.63, 3.8) is 0 Å². The van der Waals surface area contributed by atoms with Crippen LogP contribution in [0.15, 0.2) is 163 Å². The number of allylic oxidation sites excluding steroid dienone is 22. The number of phenols is 1. The van der Waals surface area contributed by atoms with Gasteiger partial charge < -0.3 is 19.4 Å². The molecule has 1 aromatic rings. The maximum absolute atomic E-state index is 12.9. The summed E-state index contributed by atoms with van der Waals surface area (Å²) < 4.78 is 10.3. The van der Waals surface area contributed by atoms with Gasteiger partial charge in [-0.15, -0.1) is 0 Å². The summed E-state index contributed by atoms with van der Waals surface area (Å²) in [4.78, 5) is 36.2. The van der Waals surface area contributed by atoms with Gasteiger partial charge in [0.25, 0.3) is 0 Å². The molecule has 6 heteroatoms. The summed E-state index contributed by atoms with van der Waals surface area (Å²) in [6.45, 7) is 27.9. The highest BCUT2D eigenvalue weighted by Gasteiger charge is 2.34. The smallest absolute Gasteiger partial charge is 0.228 e. The highest BCUT2D eigenvalue weighted by atomic mass is 16.5. The maximum atomic E-state index is 12.9. The molecule has 75 heavy (non-hydrogen) atoms. The Bertz CT molecular complexity index is 2330. The minimum absolute atomic E-state index is 0.00667. The predicted octanol–water partition coefficient (Wildman–Crippen LogP) is 19.8. The van der Waals surface area contributed by atoms with Crippen molar-refractivity contribution in [1.29, 1.82) is 0 Å². The van der Waals surface area contributed by atoms with Gasteiger partial charge in [-0.3, -0.25) is 9.59 Å². The normalized spacial score (nSPS) is 14.9. The summed E-state index contributed by atoms with van der Waals surface area (Å²) in [7, 11) is 2.78. The maximum Gasteiger partial charge on any atom is 0.228 e. The van der Waals surface area contributed by atoms with Crippen molar-refractivity contribution in [2.75, 3.05) is 14.2 Å². The van der Waals surface area contributed by atoms with E-state index in [0.29, 0.717) is 24.0 Å². The Labute approximate surface area is 458 Å². The highest BCUT2D eigenvalue weighted by molar-refractivity contribution is 6.23.